The third kappa shape index (κ3) is 5.14. The summed E-state index contributed by atoms with van der Waals surface area (Å²) in [6, 6.07) is 12.7. The molecule has 0 radical (unpaired) electrons. The van der Waals surface area contributed by atoms with Crippen molar-refractivity contribution in [2.75, 3.05) is 19.7 Å². The molecule has 142 valence electrons. The highest BCUT2D eigenvalue weighted by molar-refractivity contribution is 5.94. The average Bonchev–Trinajstić information content (AvgIpc) is 3.19. The van der Waals surface area contributed by atoms with Crippen LogP contribution >= 0.6 is 0 Å². The molecule has 6 heteroatoms. The molecule has 2 aromatic rings. The molecule has 3 rings (SSSR count). The van der Waals surface area contributed by atoms with E-state index in [0.29, 0.717) is 13.1 Å². The van der Waals surface area contributed by atoms with Crippen LogP contribution in [0.15, 0.2) is 42.5 Å². The summed E-state index contributed by atoms with van der Waals surface area (Å²) in [4.78, 5) is 29.9. The smallest absolute Gasteiger partial charge is 0.354 e. The average molecular weight is 368 g/mol. The molecule has 6 nitrogen and oxygen atoms in total. The van der Waals surface area contributed by atoms with E-state index in [-0.39, 0.29) is 23.4 Å². The first-order chi connectivity index (χ1) is 13.0. The van der Waals surface area contributed by atoms with Crippen LogP contribution in [-0.2, 0) is 11.2 Å². The molecule has 1 aromatic carbocycles. The van der Waals surface area contributed by atoms with Gasteiger partial charge in [0.25, 0.3) is 5.91 Å². The highest BCUT2D eigenvalue weighted by Gasteiger charge is 2.24. The van der Waals surface area contributed by atoms with Crippen LogP contribution in [0.1, 0.15) is 44.9 Å². The predicted octanol–water partition coefficient (Wildman–Crippen LogP) is 2.95. The van der Waals surface area contributed by atoms with Crippen molar-refractivity contribution in [2.24, 2.45) is 0 Å². The number of benzene rings is 1. The minimum absolute atomic E-state index is 0.0228. The molecular formula is C21H24N2O4. The van der Waals surface area contributed by atoms with Crippen LogP contribution in [-0.4, -0.2) is 52.7 Å². The number of rotatable bonds is 7. The number of aromatic nitrogens is 1. The van der Waals surface area contributed by atoms with Gasteiger partial charge in [-0.05, 0) is 43.9 Å². The maximum absolute atomic E-state index is 13.0. The van der Waals surface area contributed by atoms with Crippen molar-refractivity contribution in [3.8, 4) is 0 Å². The Morgan fingerprint density at radius 2 is 1.93 bits per heavy atom. The molecule has 1 aliphatic heterocycles. The number of nitrogens with zero attached hydrogens (tertiary/aromatic N) is 2. The molecule has 0 bridgehead atoms. The van der Waals surface area contributed by atoms with Crippen molar-refractivity contribution in [1.82, 2.24) is 9.88 Å². The largest absolute Gasteiger partial charge is 0.477 e. The van der Waals surface area contributed by atoms with Gasteiger partial charge in [-0.1, -0.05) is 35.9 Å². The first kappa shape index (κ1) is 19.0. The molecule has 1 atom stereocenters. The van der Waals surface area contributed by atoms with E-state index >= 15 is 0 Å². The highest BCUT2D eigenvalue weighted by atomic mass is 16.5. The fourth-order valence-electron chi connectivity index (χ4n) is 3.16. The summed E-state index contributed by atoms with van der Waals surface area (Å²) >= 11 is 0. The monoisotopic (exact) mass is 368 g/mol. The number of pyridine rings is 1. The summed E-state index contributed by atoms with van der Waals surface area (Å²) in [5.41, 5.74) is 2.37. The second kappa shape index (κ2) is 8.77. The van der Waals surface area contributed by atoms with E-state index in [0.717, 1.165) is 31.4 Å². The molecule has 1 aliphatic rings. The quantitative estimate of drug-likeness (QED) is 0.813. The van der Waals surface area contributed by atoms with Crippen LogP contribution in [0.3, 0.4) is 0 Å². The van der Waals surface area contributed by atoms with Gasteiger partial charge in [-0.3, -0.25) is 4.79 Å². The van der Waals surface area contributed by atoms with Gasteiger partial charge >= 0.3 is 5.97 Å². The predicted molar refractivity (Wildman–Crippen MR) is 101 cm³/mol. The molecule has 1 fully saturated rings. The van der Waals surface area contributed by atoms with E-state index in [9.17, 15) is 9.59 Å². The first-order valence-electron chi connectivity index (χ1n) is 9.19. The van der Waals surface area contributed by atoms with Gasteiger partial charge < -0.3 is 14.7 Å². The Morgan fingerprint density at radius 1 is 1.19 bits per heavy atom. The normalized spacial score (nSPS) is 16.3. The van der Waals surface area contributed by atoms with E-state index in [1.807, 2.05) is 6.92 Å². The fourth-order valence-corrected chi connectivity index (χ4v) is 3.16. The molecule has 1 unspecified atom stereocenters. The van der Waals surface area contributed by atoms with E-state index < -0.39 is 5.97 Å². The summed E-state index contributed by atoms with van der Waals surface area (Å²) < 4.78 is 5.69. The zero-order valence-corrected chi connectivity index (χ0v) is 15.4. The van der Waals surface area contributed by atoms with E-state index in [2.05, 4.69) is 29.2 Å². The molecule has 1 N–H and O–H groups in total. The SMILES string of the molecule is Cc1ccc(CCN(CC2CCCO2)C(=O)c2cccc(C(=O)O)n2)cc1. The molecule has 27 heavy (non-hydrogen) atoms. The van der Waals surface area contributed by atoms with Gasteiger partial charge in [0.15, 0.2) is 0 Å². The number of carboxylic acid groups (broad SMARTS) is 1. The van der Waals surface area contributed by atoms with Crippen LogP contribution < -0.4 is 0 Å². The third-order valence-corrected chi connectivity index (χ3v) is 4.71. The van der Waals surface area contributed by atoms with Gasteiger partial charge in [0.1, 0.15) is 11.4 Å². The number of aromatic carboxylic acids is 1. The maximum atomic E-state index is 13.0. The zero-order valence-electron chi connectivity index (χ0n) is 15.4. The molecule has 1 aromatic heterocycles. The zero-order chi connectivity index (χ0) is 19.2. The van der Waals surface area contributed by atoms with E-state index in [4.69, 9.17) is 9.84 Å². The number of hydrogen-bond donors (Lipinski definition) is 1. The molecule has 0 spiro atoms. The van der Waals surface area contributed by atoms with Crippen molar-refractivity contribution in [1.29, 1.82) is 0 Å². The van der Waals surface area contributed by atoms with Gasteiger partial charge in [0.05, 0.1) is 6.10 Å². The first-order valence-corrected chi connectivity index (χ1v) is 9.19. The Kier molecular flexibility index (Phi) is 6.19. The molecule has 1 amide bonds. The number of carbonyl (C=O) groups is 2. The van der Waals surface area contributed by atoms with E-state index in [1.165, 1.54) is 11.6 Å². The molecule has 0 saturated carbocycles. The maximum Gasteiger partial charge on any atom is 0.354 e. The number of carboxylic acids is 1. The minimum atomic E-state index is -1.14. The van der Waals surface area contributed by atoms with Gasteiger partial charge in [0, 0.05) is 19.7 Å². The molecule has 2 heterocycles. The second-order valence-electron chi connectivity index (χ2n) is 6.84. The number of amides is 1. The number of aryl methyl sites for hydroxylation is 1. The lowest BCUT2D eigenvalue weighted by Crippen LogP contribution is -2.39. The van der Waals surface area contributed by atoms with Crippen LogP contribution in [0.25, 0.3) is 0 Å². The van der Waals surface area contributed by atoms with E-state index in [1.54, 1.807) is 17.0 Å². The Labute approximate surface area is 158 Å². The lowest BCUT2D eigenvalue weighted by Gasteiger charge is -2.25. The fraction of sp³-hybridized carbons (Fsp3) is 0.381. The molecular weight excluding hydrogens is 344 g/mol. The lowest BCUT2D eigenvalue weighted by atomic mass is 10.1. The number of hydrogen-bond acceptors (Lipinski definition) is 4. The van der Waals surface area contributed by atoms with Crippen molar-refractivity contribution in [3.63, 3.8) is 0 Å². The molecule has 1 saturated heterocycles. The van der Waals surface area contributed by atoms with Crippen molar-refractivity contribution >= 4 is 11.9 Å². The minimum Gasteiger partial charge on any atom is -0.477 e. The molecule has 0 aliphatic carbocycles. The Morgan fingerprint density at radius 3 is 2.59 bits per heavy atom. The Bertz CT molecular complexity index is 798. The van der Waals surface area contributed by atoms with Crippen molar-refractivity contribution in [2.45, 2.75) is 32.3 Å². The lowest BCUT2D eigenvalue weighted by molar-refractivity contribution is 0.0524. The summed E-state index contributed by atoms with van der Waals surface area (Å²) in [7, 11) is 0. The summed E-state index contributed by atoms with van der Waals surface area (Å²) in [5.74, 6) is -1.41. The van der Waals surface area contributed by atoms with Gasteiger partial charge in [-0.25, -0.2) is 9.78 Å². The Balaban J connectivity index is 1.75. The van der Waals surface area contributed by atoms with Gasteiger partial charge in [-0.15, -0.1) is 0 Å². The van der Waals surface area contributed by atoms with Crippen LogP contribution in [0, 0.1) is 6.92 Å². The third-order valence-electron chi connectivity index (χ3n) is 4.71. The highest BCUT2D eigenvalue weighted by Crippen LogP contribution is 2.16. The van der Waals surface area contributed by atoms with Gasteiger partial charge in [0.2, 0.25) is 0 Å². The standard InChI is InChI=1S/C21H24N2O4/c1-15-7-9-16(10-8-15)11-12-23(14-17-4-3-13-27-17)20(24)18-5-2-6-19(22-18)21(25)26/h2,5-10,17H,3-4,11-14H2,1H3,(H,25,26). The topological polar surface area (TPSA) is 79.7 Å². The second-order valence-corrected chi connectivity index (χ2v) is 6.84. The van der Waals surface area contributed by atoms with Crippen LogP contribution in [0.5, 0.6) is 0 Å². The summed E-state index contributed by atoms with van der Waals surface area (Å²) in [6.45, 7) is 3.78. The Hall–Kier alpha value is -2.73. The van der Waals surface area contributed by atoms with Crippen molar-refractivity contribution < 1.29 is 19.4 Å². The summed E-state index contributed by atoms with van der Waals surface area (Å²) in [6.07, 6.45) is 2.67. The summed E-state index contributed by atoms with van der Waals surface area (Å²) in [5, 5.41) is 9.13. The van der Waals surface area contributed by atoms with Gasteiger partial charge in [-0.2, -0.15) is 0 Å². The number of ether oxygens (including phenoxy) is 1. The van der Waals surface area contributed by atoms with Crippen molar-refractivity contribution in [3.05, 3.63) is 65.0 Å². The van der Waals surface area contributed by atoms with Crippen LogP contribution in [0.2, 0.25) is 0 Å². The van der Waals surface area contributed by atoms with Crippen LogP contribution in [0.4, 0.5) is 0 Å². The number of carbonyl (C=O) groups excluding carboxylic acids is 1.